The van der Waals surface area contributed by atoms with E-state index in [1.807, 2.05) is 6.07 Å². The van der Waals surface area contributed by atoms with Gasteiger partial charge in [-0.05, 0) is 6.07 Å². The van der Waals surface area contributed by atoms with Crippen molar-refractivity contribution in [3.63, 3.8) is 0 Å². The van der Waals surface area contributed by atoms with Crippen LogP contribution in [0.15, 0.2) is 18.2 Å². The largest absolute Gasteiger partial charge is 0.479 e. The van der Waals surface area contributed by atoms with Crippen molar-refractivity contribution in [1.82, 2.24) is 0 Å². The van der Waals surface area contributed by atoms with Gasteiger partial charge in [0, 0.05) is 23.5 Å². The first-order chi connectivity index (χ1) is 5.72. The Balaban J connectivity index is 2.80. The molecule has 0 atom stereocenters. The fraction of sp³-hybridized carbons (Fsp3) is 0.125. The van der Waals surface area contributed by atoms with E-state index in [0.29, 0.717) is 17.1 Å². The van der Waals surface area contributed by atoms with Gasteiger partial charge in [-0.15, -0.1) is 0 Å². The molecule has 12 heavy (non-hydrogen) atoms. The number of benzene rings is 1. The minimum Gasteiger partial charge on any atom is -0.479 e. The highest BCUT2D eigenvalue weighted by molar-refractivity contribution is 5.56. The summed E-state index contributed by atoms with van der Waals surface area (Å²) >= 11 is 0. The highest BCUT2D eigenvalue weighted by Crippen LogP contribution is 2.19. The van der Waals surface area contributed by atoms with Crippen LogP contribution in [0.1, 0.15) is 0 Å². The van der Waals surface area contributed by atoms with Gasteiger partial charge in [0.1, 0.15) is 11.8 Å². The number of rotatable bonds is 2. The molecule has 4 N–H and O–H groups in total. The fourth-order valence-corrected chi connectivity index (χ4v) is 0.845. The number of nitrogen functional groups attached to an aromatic ring is 2. The maximum Gasteiger partial charge on any atom is 0.174 e. The summed E-state index contributed by atoms with van der Waals surface area (Å²) in [5.74, 6) is 0.522. The van der Waals surface area contributed by atoms with Crippen molar-refractivity contribution in [2.24, 2.45) is 0 Å². The topological polar surface area (TPSA) is 85.1 Å². The van der Waals surface area contributed by atoms with E-state index in [1.165, 1.54) is 0 Å². The highest BCUT2D eigenvalue weighted by atomic mass is 16.5. The fourth-order valence-electron chi connectivity index (χ4n) is 0.845. The molecule has 0 saturated carbocycles. The number of hydrogen-bond acceptors (Lipinski definition) is 4. The van der Waals surface area contributed by atoms with Crippen molar-refractivity contribution in [1.29, 1.82) is 5.26 Å². The molecule has 0 bridgehead atoms. The van der Waals surface area contributed by atoms with Crippen LogP contribution in [0.2, 0.25) is 0 Å². The average molecular weight is 163 g/mol. The summed E-state index contributed by atoms with van der Waals surface area (Å²) in [5, 5.41) is 8.23. The Morgan fingerprint density at radius 3 is 2.33 bits per heavy atom. The molecule has 0 aliphatic rings. The molecule has 0 heterocycles. The molecule has 4 nitrogen and oxygen atoms in total. The molecule has 1 rings (SSSR count). The summed E-state index contributed by atoms with van der Waals surface area (Å²) in [4.78, 5) is 0. The number of nitriles is 1. The lowest BCUT2D eigenvalue weighted by molar-refractivity contribution is 0.368. The van der Waals surface area contributed by atoms with E-state index in [1.54, 1.807) is 18.2 Å². The van der Waals surface area contributed by atoms with Gasteiger partial charge in [-0.2, -0.15) is 5.26 Å². The van der Waals surface area contributed by atoms with Crippen LogP contribution in [0.5, 0.6) is 5.75 Å². The Hall–Kier alpha value is -1.89. The molecule has 4 heteroatoms. The van der Waals surface area contributed by atoms with Gasteiger partial charge in [0.25, 0.3) is 0 Å². The van der Waals surface area contributed by atoms with E-state index in [0.717, 1.165) is 0 Å². The third-order valence-electron chi connectivity index (χ3n) is 1.25. The van der Waals surface area contributed by atoms with Crippen LogP contribution in [-0.2, 0) is 0 Å². The van der Waals surface area contributed by atoms with Gasteiger partial charge in [0.05, 0.1) is 0 Å². The van der Waals surface area contributed by atoms with Gasteiger partial charge in [-0.1, -0.05) is 0 Å². The number of nitrogens with two attached hydrogens (primary N) is 2. The summed E-state index contributed by atoms with van der Waals surface area (Å²) in [5.41, 5.74) is 12.0. The quantitative estimate of drug-likeness (QED) is 0.630. The molecular formula is C8H9N3O. The van der Waals surface area contributed by atoms with Crippen molar-refractivity contribution in [3.05, 3.63) is 18.2 Å². The van der Waals surface area contributed by atoms with Gasteiger partial charge in [0.2, 0.25) is 0 Å². The van der Waals surface area contributed by atoms with Crippen molar-refractivity contribution < 1.29 is 4.74 Å². The van der Waals surface area contributed by atoms with Crippen LogP contribution in [0.4, 0.5) is 11.4 Å². The summed E-state index contributed by atoms with van der Waals surface area (Å²) in [6.45, 7) is 0.00287. The third kappa shape index (κ3) is 2.06. The van der Waals surface area contributed by atoms with Gasteiger partial charge < -0.3 is 16.2 Å². The number of nitrogens with zero attached hydrogens (tertiary/aromatic N) is 1. The molecule has 0 spiro atoms. The highest BCUT2D eigenvalue weighted by Gasteiger charge is 1.96. The molecule has 0 aliphatic carbocycles. The number of anilines is 2. The first-order valence-electron chi connectivity index (χ1n) is 3.38. The van der Waals surface area contributed by atoms with Crippen molar-refractivity contribution in [3.8, 4) is 11.8 Å². The second kappa shape index (κ2) is 3.49. The van der Waals surface area contributed by atoms with Gasteiger partial charge in [0.15, 0.2) is 6.61 Å². The standard InChI is InChI=1S/C8H9N3O/c9-1-2-12-8-4-6(10)3-7(11)5-8/h3-5H,2,10-11H2. The Morgan fingerprint density at radius 2 is 1.83 bits per heavy atom. The molecule has 0 unspecified atom stereocenters. The molecule has 0 aliphatic heterocycles. The summed E-state index contributed by atoms with van der Waals surface area (Å²) < 4.78 is 5.00. The Morgan fingerprint density at radius 1 is 1.25 bits per heavy atom. The average Bonchev–Trinajstić information content (AvgIpc) is 1.99. The van der Waals surface area contributed by atoms with Crippen LogP contribution < -0.4 is 16.2 Å². The van der Waals surface area contributed by atoms with E-state index < -0.39 is 0 Å². The molecule has 0 aromatic heterocycles. The van der Waals surface area contributed by atoms with Crippen molar-refractivity contribution in [2.45, 2.75) is 0 Å². The zero-order valence-corrected chi connectivity index (χ0v) is 6.45. The first-order valence-corrected chi connectivity index (χ1v) is 3.38. The molecule has 1 aromatic rings. The Bertz CT molecular complexity index is 296. The van der Waals surface area contributed by atoms with Crippen LogP contribution in [0.3, 0.4) is 0 Å². The molecule has 62 valence electrons. The SMILES string of the molecule is N#CCOc1cc(N)cc(N)c1. The van der Waals surface area contributed by atoms with E-state index in [-0.39, 0.29) is 6.61 Å². The lowest BCUT2D eigenvalue weighted by Crippen LogP contribution is -1.96. The van der Waals surface area contributed by atoms with Gasteiger partial charge >= 0.3 is 0 Å². The van der Waals surface area contributed by atoms with Gasteiger partial charge in [-0.3, -0.25) is 0 Å². The normalized spacial score (nSPS) is 8.92. The lowest BCUT2D eigenvalue weighted by atomic mass is 10.3. The minimum absolute atomic E-state index is 0.00287. The monoisotopic (exact) mass is 163 g/mol. The third-order valence-corrected chi connectivity index (χ3v) is 1.25. The Kier molecular flexibility index (Phi) is 2.38. The maximum atomic E-state index is 8.23. The summed E-state index contributed by atoms with van der Waals surface area (Å²) in [7, 11) is 0. The second-order valence-electron chi connectivity index (χ2n) is 2.28. The van der Waals surface area contributed by atoms with E-state index in [9.17, 15) is 0 Å². The second-order valence-corrected chi connectivity index (χ2v) is 2.28. The van der Waals surface area contributed by atoms with Crippen molar-refractivity contribution in [2.75, 3.05) is 18.1 Å². The maximum absolute atomic E-state index is 8.23. The van der Waals surface area contributed by atoms with Crippen molar-refractivity contribution >= 4 is 11.4 Å². The van der Waals surface area contributed by atoms with Gasteiger partial charge in [-0.25, -0.2) is 0 Å². The van der Waals surface area contributed by atoms with Crippen LogP contribution >= 0.6 is 0 Å². The van der Waals surface area contributed by atoms with Crippen LogP contribution in [-0.4, -0.2) is 6.61 Å². The molecule has 0 fully saturated rings. The number of ether oxygens (including phenoxy) is 1. The number of hydrogen-bond donors (Lipinski definition) is 2. The Labute approximate surface area is 70.3 Å². The zero-order chi connectivity index (χ0) is 8.97. The molecule has 0 radical (unpaired) electrons. The predicted molar refractivity (Wildman–Crippen MR) is 46.4 cm³/mol. The summed E-state index contributed by atoms with van der Waals surface area (Å²) in [6, 6.07) is 6.71. The smallest absolute Gasteiger partial charge is 0.174 e. The van der Waals surface area contributed by atoms with Crippen LogP contribution in [0, 0.1) is 11.3 Å². The van der Waals surface area contributed by atoms with Crippen LogP contribution in [0.25, 0.3) is 0 Å². The molecule has 0 amide bonds. The zero-order valence-electron chi connectivity index (χ0n) is 6.45. The molecular weight excluding hydrogens is 154 g/mol. The first kappa shape index (κ1) is 8.21. The molecule has 0 saturated heterocycles. The van der Waals surface area contributed by atoms with E-state index in [2.05, 4.69) is 0 Å². The van der Waals surface area contributed by atoms with E-state index in [4.69, 9.17) is 21.5 Å². The minimum atomic E-state index is 0.00287. The summed E-state index contributed by atoms with van der Waals surface area (Å²) in [6.07, 6.45) is 0. The van der Waals surface area contributed by atoms with E-state index >= 15 is 0 Å². The molecule has 1 aromatic carbocycles. The lowest BCUT2D eigenvalue weighted by Gasteiger charge is -2.03. The predicted octanol–water partition coefficient (Wildman–Crippen LogP) is 0.753.